The predicted molar refractivity (Wildman–Crippen MR) is 106 cm³/mol. The quantitative estimate of drug-likeness (QED) is 0.719. The van der Waals surface area contributed by atoms with Crippen molar-refractivity contribution in [1.82, 2.24) is 20.2 Å². The third-order valence-corrected chi connectivity index (χ3v) is 5.17. The number of benzene rings is 1. The van der Waals surface area contributed by atoms with Gasteiger partial charge >= 0.3 is 0 Å². The molecule has 0 spiro atoms. The molecule has 0 amide bonds. The van der Waals surface area contributed by atoms with Gasteiger partial charge in [0.25, 0.3) is 0 Å². The zero-order valence-electron chi connectivity index (χ0n) is 14.7. The Morgan fingerprint density at radius 1 is 1.12 bits per heavy atom. The summed E-state index contributed by atoms with van der Waals surface area (Å²) < 4.78 is 1.15. The van der Waals surface area contributed by atoms with Gasteiger partial charge in [-0.05, 0) is 29.7 Å². The van der Waals surface area contributed by atoms with Crippen molar-refractivity contribution < 1.29 is 0 Å². The van der Waals surface area contributed by atoms with Crippen LogP contribution in [-0.2, 0) is 0 Å². The van der Waals surface area contributed by atoms with E-state index in [1.807, 2.05) is 18.5 Å². The van der Waals surface area contributed by atoms with Gasteiger partial charge in [-0.1, -0.05) is 35.0 Å². The Bertz CT molecular complexity index is 643. The van der Waals surface area contributed by atoms with Crippen molar-refractivity contribution in [2.75, 3.05) is 50.7 Å². The third-order valence-electron chi connectivity index (χ3n) is 4.68. The Balaban J connectivity index is 1.34. The summed E-state index contributed by atoms with van der Waals surface area (Å²) in [5.74, 6) is 1.37. The van der Waals surface area contributed by atoms with Crippen LogP contribution in [0.15, 0.2) is 47.2 Å². The summed E-state index contributed by atoms with van der Waals surface area (Å²) in [6.07, 6.45) is 3.62. The first kappa shape index (κ1) is 18.3. The molecule has 0 bridgehead atoms. The summed E-state index contributed by atoms with van der Waals surface area (Å²) >= 11 is 3.55. The molecular formula is C19H26BrN5. The van der Waals surface area contributed by atoms with Crippen molar-refractivity contribution in [3.05, 3.63) is 52.8 Å². The van der Waals surface area contributed by atoms with Gasteiger partial charge < -0.3 is 10.2 Å². The van der Waals surface area contributed by atoms with Crippen molar-refractivity contribution in [3.63, 3.8) is 0 Å². The minimum atomic E-state index is 0.518. The van der Waals surface area contributed by atoms with E-state index in [9.17, 15) is 0 Å². The Hall–Kier alpha value is -1.50. The minimum Gasteiger partial charge on any atom is -0.338 e. The minimum absolute atomic E-state index is 0.518. The molecule has 1 N–H and O–H groups in total. The second-order valence-electron chi connectivity index (χ2n) is 6.54. The average molecular weight is 404 g/mol. The van der Waals surface area contributed by atoms with Crippen molar-refractivity contribution >= 4 is 21.9 Å². The summed E-state index contributed by atoms with van der Waals surface area (Å²) in [7, 11) is 0. The van der Waals surface area contributed by atoms with Gasteiger partial charge in [-0.2, -0.15) is 0 Å². The highest BCUT2D eigenvalue weighted by Gasteiger charge is 2.18. The predicted octanol–water partition coefficient (Wildman–Crippen LogP) is 2.75. The molecule has 0 unspecified atom stereocenters. The first-order valence-electron chi connectivity index (χ1n) is 8.93. The molecule has 1 fully saturated rings. The van der Waals surface area contributed by atoms with Gasteiger partial charge in [-0.15, -0.1) is 0 Å². The zero-order valence-corrected chi connectivity index (χ0v) is 16.3. The van der Waals surface area contributed by atoms with E-state index in [0.29, 0.717) is 5.92 Å². The highest BCUT2D eigenvalue weighted by molar-refractivity contribution is 9.10. The van der Waals surface area contributed by atoms with Gasteiger partial charge in [0.05, 0.1) is 0 Å². The van der Waals surface area contributed by atoms with E-state index in [-0.39, 0.29) is 0 Å². The molecule has 1 saturated heterocycles. The lowest BCUT2D eigenvalue weighted by molar-refractivity contribution is 0.256. The molecule has 2 aromatic rings. The van der Waals surface area contributed by atoms with Crippen LogP contribution in [0.4, 0.5) is 5.95 Å². The summed E-state index contributed by atoms with van der Waals surface area (Å²) in [5, 5.41) is 3.60. The number of nitrogens with one attached hydrogen (secondary N) is 1. The zero-order chi connectivity index (χ0) is 17.5. The van der Waals surface area contributed by atoms with Crippen LogP contribution < -0.4 is 10.2 Å². The second kappa shape index (κ2) is 9.27. The smallest absolute Gasteiger partial charge is 0.225 e. The number of rotatable bonds is 7. The number of hydrogen-bond donors (Lipinski definition) is 1. The molecule has 1 aliphatic rings. The van der Waals surface area contributed by atoms with Crippen LogP contribution in [0.1, 0.15) is 18.4 Å². The van der Waals surface area contributed by atoms with E-state index in [0.717, 1.165) is 56.2 Å². The van der Waals surface area contributed by atoms with Crippen LogP contribution >= 0.6 is 15.9 Å². The third kappa shape index (κ3) is 5.49. The van der Waals surface area contributed by atoms with E-state index in [4.69, 9.17) is 0 Å². The fraction of sp³-hybridized carbons (Fsp3) is 0.474. The molecule has 1 aromatic heterocycles. The number of nitrogens with zero attached hydrogens (tertiary/aromatic N) is 4. The van der Waals surface area contributed by atoms with Crippen LogP contribution in [0.2, 0.25) is 0 Å². The topological polar surface area (TPSA) is 44.3 Å². The van der Waals surface area contributed by atoms with E-state index in [1.54, 1.807) is 0 Å². The molecule has 1 atom stereocenters. The molecule has 0 radical (unpaired) electrons. The number of anilines is 1. The largest absolute Gasteiger partial charge is 0.338 e. The van der Waals surface area contributed by atoms with E-state index in [2.05, 4.69) is 72.2 Å². The lowest BCUT2D eigenvalue weighted by Gasteiger charge is -2.34. The van der Waals surface area contributed by atoms with Crippen molar-refractivity contribution in [1.29, 1.82) is 0 Å². The lowest BCUT2D eigenvalue weighted by atomic mass is 10.0. The molecule has 0 saturated carbocycles. The Morgan fingerprint density at radius 2 is 1.88 bits per heavy atom. The van der Waals surface area contributed by atoms with Gasteiger partial charge in [-0.3, -0.25) is 4.90 Å². The maximum absolute atomic E-state index is 4.34. The maximum atomic E-state index is 4.34. The van der Waals surface area contributed by atoms with Crippen LogP contribution in [0, 0.1) is 0 Å². The van der Waals surface area contributed by atoms with Gasteiger partial charge in [-0.25, -0.2) is 9.97 Å². The normalized spacial score (nSPS) is 16.8. The van der Waals surface area contributed by atoms with Gasteiger partial charge in [0.2, 0.25) is 5.95 Å². The second-order valence-corrected chi connectivity index (χ2v) is 7.45. The molecule has 25 heavy (non-hydrogen) atoms. The highest BCUT2D eigenvalue weighted by Crippen LogP contribution is 2.19. The molecule has 5 nitrogen and oxygen atoms in total. The summed E-state index contributed by atoms with van der Waals surface area (Å²) in [6.45, 7) is 9.54. The molecule has 1 aliphatic heterocycles. The Labute approximate surface area is 158 Å². The molecule has 6 heteroatoms. The van der Waals surface area contributed by atoms with Crippen LogP contribution in [0.3, 0.4) is 0 Å². The van der Waals surface area contributed by atoms with Crippen molar-refractivity contribution in [3.8, 4) is 0 Å². The first-order chi connectivity index (χ1) is 12.2. The molecule has 2 heterocycles. The Morgan fingerprint density at radius 3 is 2.60 bits per heavy atom. The fourth-order valence-electron chi connectivity index (χ4n) is 3.11. The number of halogens is 1. The molecule has 0 aliphatic carbocycles. The van der Waals surface area contributed by atoms with Crippen LogP contribution in [0.5, 0.6) is 0 Å². The van der Waals surface area contributed by atoms with Crippen molar-refractivity contribution in [2.24, 2.45) is 0 Å². The van der Waals surface area contributed by atoms with Gasteiger partial charge in [0.1, 0.15) is 0 Å². The van der Waals surface area contributed by atoms with E-state index >= 15 is 0 Å². The number of hydrogen-bond acceptors (Lipinski definition) is 5. The molecular weight excluding hydrogens is 378 g/mol. The standard InChI is InChI=1S/C19H26BrN5/c1-16(17-4-2-5-18(20)14-17)15-21-8-9-24-10-12-25(13-11-24)19-22-6-3-7-23-19/h2-7,14,16,21H,8-13,15H2,1H3/t16-/m0/s1. The summed E-state index contributed by atoms with van der Waals surface area (Å²) in [6, 6.07) is 10.4. The molecule has 1 aromatic carbocycles. The van der Waals surface area contributed by atoms with E-state index in [1.165, 1.54) is 5.56 Å². The van der Waals surface area contributed by atoms with Crippen molar-refractivity contribution in [2.45, 2.75) is 12.8 Å². The molecule has 3 rings (SSSR count). The Kier molecular flexibility index (Phi) is 6.78. The summed E-state index contributed by atoms with van der Waals surface area (Å²) in [5.41, 5.74) is 1.37. The monoisotopic (exact) mass is 403 g/mol. The number of aromatic nitrogens is 2. The number of piperazine rings is 1. The molecule has 134 valence electrons. The van der Waals surface area contributed by atoms with E-state index < -0.39 is 0 Å². The SMILES string of the molecule is C[C@@H](CNCCN1CCN(c2ncccn2)CC1)c1cccc(Br)c1. The fourth-order valence-corrected chi connectivity index (χ4v) is 3.53. The van der Waals surface area contributed by atoms with Crippen LogP contribution in [0.25, 0.3) is 0 Å². The highest BCUT2D eigenvalue weighted by atomic mass is 79.9. The summed E-state index contributed by atoms with van der Waals surface area (Å²) in [4.78, 5) is 13.4. The lowest BCUT2D eigenvalue weighted by Crippen LogP contribution is -2.48. The van der Waals surface area contributed by atoms with Gasteiger partial charge in [0, 0.05) is 62.7 Å². The average Bonchev–Trinajstić information content (AvgIpc) is 2.66. The first-order valence-corrected chi connectivity index (χ1v) is 9.72. The van der Waals surface area contributed by atoms with Crippen LogP contribution in [-0.4, -0.2) is 60.7 Å². The van der Waals surface area contributed by atoms with Gasteiger partial charge in [0.15, 0.2) is 0 Å². The maximum Gasteiger partial charge on any atom is 0.225 e.